The zero-order chi connectivity index (χ0) is 13.9. The first kappa shape index (κ1) is 13.1. The Morgan fingerprint density at radius 3 is 3.00 bits per heavy atom. The summed E-state index contributed by atoms with van der Waals surface area (Å²) in [5, 5.41) is 3.40. The van der Waals surface area contributed by atoms with Gasteiger partial charge in [0.05, 0.1) is 0 Å². The normalized spacial score (nSPS) is 17.6. The fourth-order valence-electron chi connectivity index (χ4n) is 2.39. The molecular formula is C16H17FN2O. The molecule has 1 atom stereocenters. The van der Waals surface area contributed by atoms with Gasteiger partial charge in [0.15, 0.2) is 0 Å². The first-order chi connectivity index (χ1) is 9.70. The van der Waals surface area contributed by atoms with Crippen LogP contribution in [0.25, 0.3) is 0 Å². The van der Waals surface area contributed by atoms with Crippen LogP contribution in [0.2, 0.25) is 0 Å². The highest BCUT2D eigenvalue weighted by Crippen LogP contribution is 2.18. The van der Waals surface area contributed by atoms with E-state index >= 15 is 0 Å². The number of aromatic nitrogens is 1. The van der Waals surface area contributed by atoms with E-state index < -0.39 is 0 Å². The molecule has 0 saturated heterocycles. The molecule has 1 N–H and O–H groups in total. The van der Waals surface area contributed by atoms with Crippen molar-refractivity contribution in [2.45, 2.75) is 25.9 Å². The molecule has 1 aromatic carbocycles. The number of hydrogen-bond acceptors (Lipinski definition) is 3. The lowest BCUT2D eigenvalue weighted by molar-refractivity contribution is 0.248. The molecule has 0 amide bonds. The van der Waals surface area contributed by atoms with Gasteiger partial charge in [-0.05, 0) is 42.2 Å². The Bertz CT molecular complexity index is 598. The van der Waals surface area contributed by atoms with E-state index in [0.717, 1.165) is 29.7 Å². The van der Waals surface area contributed by atoms with Gasteiger partial charge in [-0.2, -0.15) is 0 Å². The molecule has 0 fully saturated rings. The molecular weight excluding hydrogens is 255 g/mol. The van der Waals surface area contributed by atoms with Gasteiger partial charge in [-0.1, -0.05) is 12.1 Å². The summed E-state index contributed by atoms with van der Waals surface area (Å²) in [5.41, 5.74) is 3.34. The number of aryl methyl sites for hydroxylation is 1. The SMILES string of the molecule is Cc1ccc(OC[C@@H]2Cc3cc(F)ccc3CN2)nc1. The second kappa shape index (κ2) is 5.59. The predicted octanol–water partition coefficient (Wildman–Crippen LogP) is 2.62. The number of rotatable bonds is 3. The first-order valence-electron chi connectivity index (χ1n) is 6.77. The van der Waals surface area contributed by atoms with Crippen LogP contribution in [0.4, 0.5) is 4.39 Å². The third-order valence-corrected chi connectivity index (χ3v) is 3.53. The molecule has 0 spiro atoms. The molecule has 0 aliphatic carbocycles. The smallest absolute Gasteiger partial charge is 0.213 e. The van der Waals surface area contributed by atoms with Crippen molar-refractivity contribution in [3.63, 3.8) is 0 Å². The Hall–Kier alpha value is -1.94. The summed E-state index contributed by atoms with van der Waals surface area (Å²) in [4.78, 5) is 4.21. The highest BCUT2D eigenvalue weighted by Gasteiger charge is 2.19. The number of ether oxygens (including phenoxy) is 1. The molecule has 2 aromatic rings. The molecule has 1 aliphatic rings. The lowest BCUT2D eigenvalue weighted by atomic mass is 9.96. The van der Waals surface area contributed by atoms with Crippen LogP contribution in [-0.4, -0.2) is 17.6 Å². The second-order valence-corrected chi connectivity index (χ2v) is 5.18. The Kier molecular flexibility index (Phi) is 3.65. The minimum Gasteiger partial charge on any atom is -0.476 e. The molecule has 20 heavy (non-hydrogen) atoms. The van der Waals surface area contributed by atoms with Crippen molar-refractivity contribution in [1.29, 1.82) is 0 Å². The summed E-state index contributed by atoms with van der Waals surface area (Å²) in [6, 6.07) is 9.00. The minimum absolute atomic E-state index is 0.175. The van der Waals surface area contributed by atoms with Crippen LogP contribution < -0.4 is 10.1 Å². The van der Waals surface area contributed by atoms with Crippen molar-refractivity contribution >= 4 is 0 Å². The average Bonchev–Trinajstić information content (AvgIpc) is 2.46. The van der Waals surface area contributed by atoms with Gasteiger partial charge in [0.25, 0.3) is 0 Å². The average molecular weight is 272 g/mol. The number of halogens is 1. The summed E-state index contributed by atoms with van der Waals surface area (Å²) >= 11 is 0. The number of fused-ring (bicyclic) bond motifs is 1. The third-order valence-electron chi connectivity index (χ3n) is 3.53. The molecule has 0 radical (unpaired) electrons. The molecule has 4 heteroatoms. The molecule has 0 bridgehead atoms. The Balaban J connectivity index is 1.61. The zero-order valence-electron chi connectivity index (χ0n) is 11.4. The fraction of sp³-hybridized carbons (Fsp3) is 0.312. The summed E-state index contributed by atoms with van der Waals surface area (Å²) < 4.78 is 18.9. The standard InChI is InChI=1S/C16H17FN2O/c1-11-2-5-16(19-8-11)20-10-15-7-13-6-14(17)4-3-12(13)9-18-15/h2-6,8,15,18H,7,9-10H2,1H3/t15-/m0/s1. The molecule has 0 saturated carbocycles. The van der Waals surface area contributed by atoms with Crippen LogP contribution >= 0.6 is 0 Å². The van der Waals surface area contributed by atoms with Crippen LogP contribution in [0.5, 0.6) is 5.88 Å². The zero-order valence-corrected chi connectivity index (χ0v) is 11.4. The van der Waals surface area contributed by atoms with E-state index in [0.29, 0.717) is 12.5 Å². The van der Waals surface area contributed by atoms with Crippen molar-refractivity contribution in [2.75, 3.05) is 6.61 Å². The second-order valence-electron chi connectivity index (χ2n) is 5.18. The van der Waals surface area contributed by atoms with Gasteiger partial charge in [-0.25, -0.2) is 9.37 Å². The van der Waals surface area contributed by atoms with Crippen molar-refractivity contribution in [3.05, 3.63) is 59.0 Å². The largest absolute Gasteiger partial charge is 0.476 e. The first-order valence-corrected chi connectivity index (χ1v) is 6.77. The van der Waals surface area contributed by atoms with Gasteiger partial charge in [-0.3, -0.25) is 0 Å². The monoisotopic (exact) mass is 272 g/mol. The molecule has 3 nitrogen and oxygen atoms in total. The molecule has 2 heterocycles. The Labute approximate surface area is 117 Å². The van der Waals surface area contributed by atoms with Crippen molar-refractivity contribution < 1.29 is 9.13 Å². The minimum atomic E-state index is -0.175. The van der Waals surface area contributed by atoms with Gasteiger partial charge in [0, 0.05) is 24.8 Å². The maximum Gasteiger partial charge on any atom is 0.213 e. The van der Waals surface area contributed by atoms with E-state index in [1.807, 2.05) is 25.1 Å². The summed E-state index contributed by atoms with van der Waals surface area (Å²) in [7, 11) is 0. The van der Waals surface area contributed by atoms with Gasteiger partial charge in [0.2, 0.25) is 5.88 Å². The van der Waals surface area contributed by atoms with Crippen LogP contribution in [0.15, 0.2) is 36.5 Å². The van der Waals surface area contributed by atoms with Gasteiger partial charge < -0.3 is 10.1 Å². The maximum atomic E-state index is 13.2. The number of nitrogens with zero attached hydrogens (tertiary/aromatic N) is 1. The summed E-state index contributed by atoms with van der Waals surface area (Å²) in [5.74, 6) is 0.452. The lowest BCUT2D eigenvalue weighted by Crippen LogP contribution is -2.40. The number of benzene rings is 1. The van der Waals surface area contributed by atoms with E-state index in [1.54, 1.807) is 12.3 Å². The van der Waals surface area contributed by atoms with Crippen molar-refractivity contribution in [3.8, 4) is 5.88 Å². The van der Waals surface area contributed by atoms with E-state index in [2.05, 4.69) is 10.3 Å². The quantitative estimate of drug-likeness (QED) is 0.932. The van der Waals surface area contributed by atoms with Gasteiger partial charge >= 0.3 is 0 Å². The highest BCUT2D eigenvalue weighted by molar-refractivity contribution is 5.30. The fourth-order valence-corrected chi connectivity index (χ4v) is 2.39. The molecule has 3 rings (SSSR count). The van der Waals surface area contributed by atoms with Crippen LogP contribution in [-0.2, 0) is 13.0 Å². The molecule has 0 unspecified atom stereocenters. The van der Waals surface area contributed by atoms with Crippen LogP contribution in [0.1, 0.15) is 16.7 Å². The van der Waals surface area contributed by atoms with E-state index in [1.165, 1.54) is 6.07 Å². The topological polar surface area (TPSA) is 34.1 Å². The molecule has 104 valence electrons. The van der Waals surface area contributed by atoms with Gasteiger partial charge in [0.1, 0.15) is 12.4 Å². The Morgan fingerprint density at radius 1 is 1.30 bits per heavy atom. The van der Waals surface area contributed by atoms with Crippen molar-refractivity contribution in [1.82, 2.24) is 10.3 Å². The van der Waals surface area contributed by atoms with E-state index in [-0.39, 0.29) is 11.9 Å². The van der Waals surface area contributed by atoms with E-state index in [4.69, 9.17) is 4.74 Å². The Morgan fingerprint density at radius 2 is 2.20 bits per heavy atom. The molecule has 1 aromatic heterocycles. The predicted molar refractivity (Wildman–Crippen MR) is 75.2 cm³/mol. The highest BCUT2D eigenvalue weighted by atomic mass is 19.1. The number of hydrogen-bond donors (Lipinski definition) is 1. The maximum absolute atomic E-state index is 13.2. The van der Waals surface area contributed by atoms with E-state index in [9.17, 15) is 4.39 Å². The number of nitrogens with one attached hydrogen (secondary N) is 1. The van der Waals surface area contributed by atoms with Gasteiger partial charge in [-0.15, -0.1) is 0 Å². The third kappa shape index (κ3) is 2.96. The van der Waals surface area contributed by atoms with Crippen molar-refractivity contribution in [2.24, 2.45) is 0 Å². The molecule has 1 aliphatic heterocycles. The van der Waals surface area contributed by atoms with Crippen LogP contribution in [0.3, 0.4) is 0 Å². The summed E-state index contributed by atoms with van der Waals surface area (Å²) in [6.07, 6.45) is 2.56. The summed E-state index contributed by atoms with van der Waals surface area (Å²) in [6.45, 7) is 3.28. The number of pyridine rings is 1. The van der Waals surface area contributed by atoms with Crippen LogP contribution in [0, 0.1) is 12.7 Å². The lowest BCUT2D eigenvalue weighted by Gasteiger charge is -2.26.